The lowest BCUT2D eigenvalue weighted by molar-refractivity contribution is 0.0737. The SMILES string of the molecule is Cn1c(C(=O)N2CCN(c3ccnc(-c4ccccc4)n3)CC2)c(Cl)c2ccccc21. The molecule has 3 heterocycles. The second kappa shape index (κ2) is 8.04. The van der Waals surface area contributed by atoms with Crippen LogP contribution in [0, 0.1) is 0 Å². The number of aryl methyl sites for hydroxylation is 1. The molecule has 0 N–H and O–H groups in total. The van der Waals surface area contributed by atoms with Gasteiger partial charge < -0.3 is 14.4 Å². The highest BCUT2D eigenvalue weighted by Crippen LogP contribution is 2.31. The number of hydrogen-bond donors (Lipinski definition) is 0. The Balaban J connectivity index is 1.33. The maximum atomic E-state index is 13.3. The molecular formula is C24H22ClN5O. The van der Waals surface area contributed by atoms with E-state index in [2.05, 4.69) is 9.88 Å². The van der Waals surface area contributed by atoms with Crippen molar-refractivity contribution in [1.29, 1.82) is 0 Å². The summed E-state index contributed by atoms with van der Waals surface area (Å²) in [6.45, 7) is 2.64. The van der Waals surface area contributed by atoms with Crippen molar-refractivity contribution >= 4 is 34.2 Å². The lowest BCUT2D eigenvalue weighted by Gasteiger charge is -2.35. The van der Waals surface area contributed by atoms with Crippen LogP contribution >= 0.6 is 11.6 Å². The number of para-hydroxylation sites is 1. The summed E-state index contributed by atoms with van der Waals surface area (Å²) in [6, 6.07) is 19.7. The van der Waals surface area contributed by atoms with Gasteiger partial charge in [0.25, 0.3) is 5.91 Å². The standard InChI is InChI=1S/C24H22ClN5O/c1-28-19-10-6-5-9-18(19)21(25)22(28)24(31)30-15-13-29(14-16-30)20-11-12-26-23(27-20)17-7-3-2-4-8-17/h2-12H,13-16H2,1H3. The fourth-order valence-electron chi connectivity index (χ4n) is 4.12. The molecule has 0 unspecified atom stereocenters. The van der Waals surface area contributed by atoms with E-state index in [9.17, 15) is 4.79 Å². The van der Waals surface area contributed by atoms with Crippen molar-refractivity contribution in [3.63, 3.8) is 0 Å². The second-order valence-electron chi connectivity index (χ2n) is 7.62. The lowest BCUT2D eigenvalue weighted by atomic mass is 10.2. The minimum Gasteiger partial charge on any atom is -0.353 e. The molecule has 5 rings (SSSR count). The van der Waals surface area contributed by atoms with Gasteiger partial charge >= 0.3 is 0 Å². The van der Waals surface area contributed by atoms with Crippen LogP contribution in [0.5, 0.6) is 0 Å². The Morgan fingerprint density at radius 2 is 1.65 bits per heavy atom. The normalized spacial score (nSPS) is 14.3. The van der Waals surface area contributed by atoms with Crippen molar-refractivity contribution in [2.75, 3.05) is 31.1 Å². The molecule has 1 saturated heterocycles. The Kier molecular flexibility index (Phi) is 5.08. The number of hydrogen-bond acceptors (Lipinski definition) is 4. The summed E-state index contributed by atoms with van der Waals surface area (Å²) in [4.78, 5) is 26.5. The van der Waals surface area contributed by atoms with E-state index in [1.54, 1.807) is 6.20 Å². The Morgan fingerprint density at radius 1 is 0.935 bits per heavy atom. The predicted octanol–water partition coefficient (Wildman–Crippen LogP) is 4.25. The van der Waals surface area contributed by atoms with Gasteiger partial charge in [0.2, 0.25) is 0 Å². The third-order valence-electron chi connectivity index (χ3n) is 5.81. The van der Waals surface area contributed by atoms with Gasteiger partial charge in [0.1, 0.15) is 11.5 Å². The molecule has 6 nitrogen and oxygen atoms in total. The summed E-state index contributed by atoms with van der Waals surface area (Å²) < 4.78 is 1.89. The van der Waals surface area contributed by atoms with Gasteiger partial charge in [0.05, 0.1) is 5.02 Å². The number of fused-ring (bicyclic) bond motifs is 1. The van der Waals surface area contributed by atoms with Crippen molar-refractivity contribution in [3.8, 4) is 11.4 Å². The third-order valence-corrected chi connectivity index (χ3v) is 6.19. The maximum Gasteiger partial charge on any atom is 0.272 e. The molecule has 4 aromatic rings. The first-order valence-electron chi connectivity index (χ1n) is 10.3. The van der Waals surface area contributed by atoms with Crippen LogP contribution in [0.2, 0.25) is 5.02 Å². The Hall–Kier alpha value is -3.38. The number of aromatic nitrogens is 3. The number of piperazine rings is 1. The van der Waals surface area contributed by atoms with Gasteiger partial charge in [-0.15, -0.1) is 0 Å². The molecule has 1 aliphatic heterocycles. The first-order chi connectivity index (χ1) is 15.1. The van der Waals surface area contributed by atoms with E-state index in [4.69, 9.17) is 16.6 Å². The molecule has 7 heteroatoms. The van der Waals surface area contributed by atoms with Crippen molar-refractivity contribution < 1.29 is 4.79 Å². The van der Waals surface area contributed by atoms with Crippen LogP contribution in [-0.4, -0.2) is 51.5 Å². The summed E-state index contributed by atoms with van der Waals surface area (Å²) in [5.41, 5.74) is 2.50. The zero-order chi connectivity index (χ0) is 21.4. The predicted molar refractivity (Wildman–Crippen MR) is 124 cm³/mol. The summed E-state index contributed by atoms with van der Waals surface area (Å²) in [5.74, 6) is 1.55. The van der Waals surface area contributed by atoms with E-state index in [0.717, 1.165) is 22.3 Å². The van der Waals surface area contributed by atoms with Gasteiger partial charge in [-0.05, 0) is 12.1 Å². The number of nitrogens with zero attached hydrogens (tertiary/aromatic N) is 5. The van der Waals surface area contributed by atoms with E-state index in [0.29, 0.717) is 42.7 Å². The summed E-state index contributed by atoms with van der Waals surface area (Å²) >= 11 is 6.58. The molecular weight excluding hydrogens is 410 g/mol. The zero-order valence-corrected chi connectivity index (χ0v) is 18.0. The first-order valence-corrected chi connectivity index (χ1v) is 10.7. The molecule has 0 bridgehead atoms. The monoisotopic (exact) mass is 431 g/mol. The molecule has 1 aliphatic rings. The maximum absolute atomic E-state index is 13.3. The molecule has 156 valence electrons. The average Bonchev–Trinajstić information content (AvgIpc) is 3.09. The van der Waals surface area contributed by atoms with Crippen molar-refractivity contribution in [1.82, 2.24) is 19.4 Å². The van der Waals surface area contributed by atoms with E-state index in [-0.39, 0.29) is 5.91 Å². The van der Waals surface area contributed by atoms with Crippen molar-refractivity contribution in [3.05, 3.63) is 77.6 Å². The lowest BCUT2D eigenvalue weighted by Crippen LogP contribution is -2.49. The van der Waals surface area contributed by atoms with Gasteiger partial charge in [-0.3, -0.25) is 4.79 Å². The van der Waals surface area contributed by atoms with Gasteiger partial charge in [-0.1, -0.05) is 60.1 Å². The number of rotatable bonds is 3. The number of carbonyl (C=O) groups is 1. The van der Waals surface area contributed by atoms with Crippen LogP contribution in [-0.2, 0) is 7.05 Å². The van der Waals surface area contributed by atoms with E-state index < -0.39 is 0 Å². The zero-order valence-electron chi connectivity index (χ0n) is 17.2. The van der Waals surface area contributed by atoms with Crippen LogP contribution < -0.4 is 4.90 Å². The summed E-state index contributed by atoms with van der Waals surface area (Å²) in [7, 11) is 1.89. The highest BCUT2D eigenvalue weighted by atomic mass is 35.5. The minimum absolute atomic E-state index is 0.0315. The van der Waals surface area contributed by atoms with Gasteiger partial charge in [0.15, 0.2) is 5.82 Å². The van der Waals surface area contributed by atoms with Gasteiger partial charge in [0, 0.05) is 55.9 Å². The second-order valence-corrected chi connectivity index (χ2v) is 8.00. The average molecular weight is 432 g/mol. The molecule has 0 aliphatic carbocycles. The van der Waals surface area contributed by atoms with E-state index >= 15 is 0 Å². The molecule has 1 fully saturated rings. The molecule has 2 aromatic heterocycles. The number of benzene rings is 2. The minimum atomic E-state index is -0.0315. The first kappa shape index (κ1) is 19.6. The van der Waals surface area contributed by atoms with E-state index in [1.807, 2.05) is 77.2 Å². The van der Waals surface area contributed by atoms with Gasteiger partial charge in [-0.2, -0.15) is 0 Å². The summed E-state index contributed by atoms with van der Waals surface area (Å²) in [5, 5.41) is 1.43. The largest absolute Gasteiger partial charge is 0.353 e. The molecule has 1 amide bonds. The molecule has 0 radical (unpaired) electrons. The number of anilines is 1. The Bertz CT molecular complexity index is 1210. The Labute approximate surface area is 185 Å². The van der Waals surface area contributed by atoms with Crippen LogP contribution in [0.4, 0.5) is 5.82 Å². The molecule has 31 heavy (non-hydrogen) atoms. The molecule has 0 atom stereocenters. The van der Waals surface area contributed by atoms with Crippen molar-refractivity contribution in [2.24, 2.45) is 7.05 Å². The van der Waals surface area contributed by atoms with Crippen LogP contribution in [0.15, 0.2) is 66.9 Å². The van der Waals surface area contributed by atoms with Crippen LogP contribution in [0.3, 0.4) is 0 Å². The Morgan fingerprint density at radius 3 is 2.39 bits per heavy atom. The highest BCUT2D eigenvalue weighted by molar-refractivity contribution is 6.38. The number of halogens is 1. The highest BCUT2D eigenvalue weighted by Gasteiger charge is 2.28. The van der Waals surface area contributed by atoms with E-state index in [1.165, 1.54) is 0 Å². The van der Waals surface area contributed by atoms with Crippen LogP contribution in [0.25, 0.3) is 22.3 Å². The molecule has 0 spiro atoms. The van der Waals surface area contributed by atoms with Gasteiger partial charge in [-0.25, -0.2) is 9.97 Å². The number of amides is 1. The fourth-order valence-corrected chi connectivity index (χ4v) is 4.49. The third kappa shape index (κ3) is 3.53. The molecule has 0 saturated carbocycles. The topological polar surface area (TPSA) is 54.3 Å². The van der Waals surface area contributed by atoms with Crippen LogP contribution in [0.1, 0.15) is 10.5 Å². The number of carbonyl (C=O) groups excluding carboxylic acids is 1. The quantitative estimate of drug-likeness (QED) is 0.486. The van der Waals surface area contributed by atoms with Crippen molar-refractivity contribution in [2.45, 2.75) is 0 Å². The molecule has 2 aromatic carbocycles. The smallest absolute Gasteiger partial charge is 0.272 e. The summed E-state index contributed by atoms with van der Waals surface area (Å²) in [6.07, 6.45) is 1.79. The fraction of sp³-hybridized carbons (Fsp3) is 0.208.